The average Bonchev–Trinajstić information content (AvgIpc) is 3.09. The Bertz CT molecular complexity index is 1540. The van der Waals surface area contributed by atoms with Crippen LogP contribution in [0.4, 0.5) is 11.4 Å². The van der Waals surface area contributed by atoms with Crippen molar-refractivity contribution in [1.29, 1.82) is 0 Å². The molecule has 9 heteroatoms. The van der Waals surface area contributed by atoms with E-state index in [4.69, 9.17) is 0 Å². The zero-order valence-corrected chi connectivity index (χ0v) is 18.4. The minimum atomic E-state index is -0.523. The lowest BCUT2D eigenvalue weighted by Crippen LogP contribution is -2.23. The molecule has 0 fully saturated rings. The van der Waals surface area contributed by atoms with E-state index < -0.39 is 4.92 Å². The molecule has 1 aliphatic heterocycles. The summed E-state index contributed by atoms with van der Waals surface area (Å²) in [5.41, 5.74) is 1.94. The summed E-state index contributed by atoms with van der Waals surface area (Å²) in [5.74, 6) is -0.111. The van der Waals surface area contributed by atoms with E-state index in [9.17, 15) is 19.7 Å². The number of nitro benzene ring substituents is 1. The fourth-order valence-electron chi connectivity index (χ4n) is 3.68. The molecule has 0 aliphatic carbocycles. The molecule has 32 heavy (non-hydrogen) atoms. The number of aromatic nitrogens is 2. The molecular weight excluding hydrogens is 523 g/mol. The largest absolute Gasteiger partial charge is 0.321 e. The van der Waals surface area contributed by atoms with Crippen molar-refractivity contribution in [3.05, 3.63) is 102 Å². The predicted octanol–water partition coefficient (Wildman–Crippen LogP) is 4.39. The number of hydrogen-bond donors (Lipinski definition) is 1. The molecule has 1 aliphatic rings. The van der Waals surface area contributed by atoms with Crippen LogP contribution in [-0.4, -0.2) is 20.4 Å². The van der Waals surface area contributed by atoms with Gasteiger partial charge >= 0.3 is 0 Å². The van der Waals surface area contributed by atoms with Crippen LogP contribution in [0.3, 0.4) is 0 Å². The normalized spacial score (nSPS) is 13.9. The van der Waals surface area contributed by atoms with Gasteiger partial charge in [0.05, 0.1) is 27.1 Å². The van der Waals surface area contributed by atoms with Gasteiger partial charge < -0.3 is 5.32 Å². The number of rotatable bonds is 3. The number of para-hydroxylation sites is 1. The highest BCUT2D eigenvalue weighted by Crippen LogP contribution is 2.33. The van der Waals surface area contributed by atoms with Crippen molar-refractivity contribution in [3.8, 4) is 5.69 Å². The number of nitro groups is 1. The Morgan fingerprint density at radius 3 is 2.66 bits per heavy atom. The van der Waals surface area contributed by atoms with Gasteiger partial charge in [0.1, 0.15) is 5.82 Å². The van der Waals surface area contributed by atoms with E-state index in [-0.39, 0.29) is 28.7 Å². The van der Waals surface area contributed by atoms with E-state index in [0.29, 0.717) is 27.7 Å². The van der Waals surface area contributed by atoms with E-state index in [1.807, 2.05) is 18.2 Å². The highest BCUT2D eigenvalue weighted by atomic mass is 127. The molecule has 1 aromatic heterocycles. The Balaban J connectivity index is 1.83. The van der Waals surface area contributed by atoms with E-state index in [2.05, 4.69) is 32.9 Å². The number of benzene rings is 3. The second-order valence-corrected chi connectivity index (χ2v) is 8.35. The number of carbonyl (C=O) groups excluding carboxylic acids is 1. The molecule has 1 N–H and O–H groups in total. The van der Waals surface area contributed by atoms with Crippen LogP contribution in [-0.2, 0) is 4.79 Å². The van der Waals surface area contributed by atoms with E-state index in [0.717, 1.165) is 3.57 Å². The molecule has 0 saturated heterocycles. The number of fused-ring (bicyclic) bond motifs is 2. The Labute approximate surface area is 194 Å². The van der Waals surface area contributed by atoms with Gasteiger partial charge in [0.2, 0.25) is 0 Å². The highest BCUT2D eigenvalue weighted by molar-refractivity contribution is 14.1. The number of carbonyl (C=O) groups is 1. The second kappa shape index (κ2) is 7.68. The van der Waals surface area contributed by atoms with Gasteiger partial charge in [0, 0.05) is 27.0 Å². The third-order valence-electron chi connectivity index (χ3n) is 5.14. The molecule has 2 heterocycles. The van der Waals surface area contributed by atoms with Crippen LogP contribution >= 0.6 is 22.6 Å². The Morgan fingerprint density at radius 1 is 1.03 bits per heavy atom. The van der Waals surface area contributed by atoms with Crippen molar-refractivity contribution >= 4 is 62.4 Å². The monoisotopic (exact) mass is 536 g/mol. The summed E-state index contributed by atoms with van der Waals surface area (Å²) in [7, 11) is 0. The molecule has 1 amide bonds. The first-order valence-electron chi connectivity index (χ1n) is 9.52. The van der Waals surface area contributed by atoms with Crippen LogP contribution in [0, 0.1) is 13.7 Å². The Kier molecular flexibility index (Phi) is 4.82. The van der Waals surface area contributed by atoms with Gasteiger partial charge in [-0.05, 0) is 59.0 Å². The van der Waals surface area contributed by atoms with Gasteiger partial charge in [-0.2, -0.15) is 0 Å². The van der Waals surface area contributed by atoms with Crippen LogP contribution in [0.25, 0.3) is 28.2 Å². The molecule has 5 rings (SSSR count). The SMILES string of the molecule is O=C1Nc2ccccc2/C1=C\c1nc2ccc(I)cc2c(=O)n1-c1cccc([N+](=O)[O-])c1. The molecule has 0 radical (unpaired) electrons. The van der Waals surface area contributed by atoms with Crippen molar-refractivity contribution < 1.29 is 9.72 Å². The minimum absolute atomic E-state index is 0.153. The standard InChI is InChI=1S/C23H13IN4O4/c24-13-8-9-20-18(10-13)23(30)27(14-4-3-5-15(11-14)28(31)32)21(25-20)12-17-16-6-1-2-7-19(16)26-22(17)29/h1-12H,(H,26,29)/b17-12+. The number of non-ortho nitro benzene ring substituents is 1. The van der Waals surface area contributed by atoms with Gasteiger partial charge in [0.15, 0.2) is 0 Å². The fraction of sp³-hybridized carbons (Fsp3) is 0. The quantitative estimate of drug-likeness (QED) is 0.181. The van der Waals surface area contributed by atoms with Crippen LogP contribution in [0.15, 0.2) is 71.5 Å². The maximum absolute atomic E-state index is 13.5. The molecule has 0 bridgehead atoms. The van der Waals surface area contributed by atoms with E-state index >= 15 is 0 Å². The molecule has 0 spiro atoms. The number of amides is 1. The van der Waals surface area contributed by atoms with Crippen LogP contribution in [0.1, 0.15) is 11.4 Å². The number of hydrogen-bond acceptors (Lipinski definition) is 5. The van der Waals surface area contributed by atoms with Crippen LogP contribution in [0.2, 0.25) is 0 Å². The van der Waals surface area contributed by atoms with Crippen molar-refractivity contribution in [2.24, 2.45) is 0 Å². The van der Waals surface area contributed by atoms with Crippen molar-refractivity contribution in [1.82, 2.24) is 9.55 Å². The summed E-state index contributed by atoms with van der Waals surface area (Å²) in [4.78, 5) is 41.6. The average molecular weight is 536 g/mol. The second-order valence-electron chi connectivity index (χ2n) is 7.11. The number of anilines is 1. The minimum Gasteiger partial charge on any atom is -0.321 e. The Morgan fingerprint density at radius 2 is 1.84 bits per heavy atom. The van der Waals surface area contributed by atoms with Crippen molar-refractivity contribution in [3.63, 3.8) is 0 Å². The summed E-state index contributed by atoms with van der Waals surface area (Å²) < 4.78 is 2.15. The van der Waals surface area contributed by atoms with E-state index in [1.165, 1.54) is 22.8 Å². The summed E-state index contributed by atoms with van der Waals surface area (Å²) >= 11 is 2.11. The van der Waals surface area contributed by atoms with Crippen molar-refractivity contribution in [2.75, 3.05) is 5.32 Å². The van der Waals surface area contributed by atoms with Gasteiger partial charge in [0.25, 0.3) is 17.2 Å². The van der Waals surface area contributed by atoms with Crippen LogP contribution in [0.5, 0.6) is 0 Å². The highest BCUT2D eigenvalue weighted by Gasteiger charge is 2.25. The third kappa shape index (κ3) is 3.36. The topological polar surface area (TPSA) is 107 Å². The number of nitrogens with one attached hydrogen (secondary N) is 1. The lowest BCUT2D eigenvalue weighted by atomic mass is 10.1. The molecule has 0 unspecified atom stereocenters. The summed E-state index contributed by atoms with van der Waals surface area (Å²) in [6.07, 6.45) is 1.54. The van der Waals surface area contributed by atoms with Gasteiger partial charge in [-0.25, -0.2) is 4.98 Å². The maximum Gasteiger partial charge on any atom is 0.271 e. The first-order chi connectivity index (χ1) is 15.4. The predicted molar refractivity (Wildman–Crippen MR) is 130 cm³/mol. The molecule has 0 saturated carbocycles. The molecule has 8 nitrogen and oxygen atoms in total. The third-order valence-corrected chi connectivity index (χ3v) is 5.81. The summed E-state index contributed by atoms with van der Waals surface area (Å²) in [5, 5.41) is 14.5. The lowest BCUT2D eigenvalue weighted by Gasteiger charge is -2.12. The lowest BCUT2D eigenvalue weighted by molar-refractivity contribution is -0.384. The van der Waals surface area contributed by atoms with Gasteiger partial charge in [-0.1, -0.05) is 24.3 Å². The molecule has 3 aromatic carbocycles. The fourth-order valence-corrected chi connectivity index (χ4v) is 4.17. The summed E-state index contributed by atoms with van der Waals surface area (Å²) in [6.45, 7) is 0. The Hall–Kier alpha value is -3.86. The first kappa shape index (κ1) is 20.1. The van der Waals surface area contributed by atoms with Gasteiger partial charge in [-0.15, -0.1) is 0 Å². The molecule has 4 aromatic rings. The maximum atomic E-state index is 13.5. The zero-order valence-electron chi connectivity index (χ0n) is 16.3. The molecule has 0 atom stereocenters. The first-order valence-corrected chi connectivity index (χ1v) is 10.6. The molecular formula is C23H13IN4O4. The summed E-state index contributed by atoms with van der Waals surface area (Å²) in [6, 6.07) is 18.3. The number of halogens is 1. The zero-order chi connectivity index (χ0) is 22.4. The van der Waals surface area contributed by atoms with E-state index in [1.54, 1.807) is 36.4 Å². The number of nitrogens with zero attached hydrogens (tertiary/aromatic N) is 3. The van der Waals surface area contributed by atoms with Crippen LogP contribution < -0.4 is 10.9 Å². The van der Waals surface area contributed by atoms with Gasteiger partial charge in [-0.3, -0.25) is 24.3 Å². The smallest absolute Gasteiger partial charge is 0.271 e. The molecule has 156 valence electrons. The van der Waals surface area contributed by atoms with Crippen molar-refractivity contribution in [2.45, 2.75) is 0 Å².